The van der Waals surface area contributed by atoms with E-state index in [1.54, 1.807) is 4.68 Å². The normalized spacial score (nSPS) is 11.8. The lowest BCUT2D eigenvalue weighted by atomic mass is 10.1. The third-order valence-corrected chi connectivity index (χ3v) is 2.73. The summed E-state index contributed by atoms with van der Waals surface area (Å²) in [6.07, 6.45) is 2.69. The van der Waals surface area contributed by atoms with Gasteiger partial charge in [0.2, 0.25) is 0 Å². The second kappa shape index (κ2) is 4.65. The van der Waals surface area contributed by atoms with Crippen molar-refractivity contribution < 1.29 is 4.79 Å². The minimum absolute atomic E-state index is 0.230. The molecule has 2 aromatic rings. The number of alkyl halides is 1. The van der Waals surface area contributed by atoms with Crippen LogP contribution in [-0.4, -0.2) is 31.2 Å². The highest BCUT2D eigenvalue weighted by molar-refractivity contribution is 6.28. The van der Waals surface area contributed by atoms with E-state index in [1.807, 2.05) is 20.8 Å². The summed E-state index contributed by atoms with van der Waals surface area (Å²) in [7, 11) is 0. The second-order valence-electron chi connectivity index (χ2n) is 5.05. The van der Waals surface area contributed by atoms with E-state index in [2.05, 4.69) is 15.5 Å². The Morgan fingerprint density at radius 1 is 1.47 bits per heavy atom. The lowest BCUT2D eigenvalue weighted by molar-refractivity contribution is -0.114. The summed E-state index contributed by atoms with van der Waals surface area (Å²) in [6, 6.07) is 0. The number of hydrogen-bond acceptors (Lipinski definition) is 4. The molecule has 8 heteroatoms. The van der Waals surface area contributed by atoms with Crippen molar-refractivity contribution in [2.24, 2.45) is 0 Å². The number of hydrogen-bond donors (Lipinski definition) is 1. The van der Waals surface area contributed by atoms with Gasteiger partial charge in [0.1, 0.15) is 17.6 Å². The highest BCUT2D eigenvalue weighted by atomic mass is 35.5. The molecule has 0 aliphatic carbocycles. The summed E-state index contributed by atoms with van der Waals surface area (Å²) in [4.78, 5) is 27.5. The first kappa shape index (κ1) is 13.5. The van der Waals surface area contributed by atoms with Crippen LogP contribution in [0.1, 0.15) is 20.8 Å². The molecule has 7 nitrogen and oxygen atoms in total. The van der Waals surface area contributed by atoms with E-state index in [0.29, 0.717) is 11.0 Å². The summed E-state index contributed by atoms with van der Waals surface area (Å²) < 4.78 is 2.67. The van der Waals surface area contributed by atoms with E-state index in [4.69, 9.17) is 11.6 Å². The predicted octanol–water partition coefficient (Wildman–Crippen LogP) is 0.657. The van der Waals surface area contributed by atoms with Crippen LogP contribution in [-0.2, 0) is 10.3 Å². The Bertz CT molecular complexity index is 682. The molecule has 0 aliphatic heterocycles. The third-order valence-electron chi connectivity index (χ3n) is 2.49. The lowest BCUT2D eigenvalue weighted by Gasteiger charge is -2.19. The summed E-state index contributed by atoms with van der Waals surface area (Å²) in [5.74, 6) is -0.709. The molecule has 1 N–H and O–H groups in total. The molecule has 0 spiro atoms. The van der Waals surface area contributed by atoms with Crippen LogP contribution < -0.4 is 11.0 Å². The molecule has 2 rings (SSSR count). The standard InChI is InChI=1S/C11H14ClN5O2/c1-11(2,3)17-9-7(5-14-17)10(19)16(6-13-9)15-8(18)4-12/h5-6H,4H2,1-3H3,(H,15,18). The maximum absolute atomic E-state index is 12.1. The van der Waals surface area contributed by atoms with Gasteiger partial charge in [-0.2, -0.15) is 5.10 Å². The molecule has 0 aliphatic rings. The van der Waals surface area contributed by atoms with Crippen LogP contribution in [0.3, 0.4) is 0 Å². The van der Waals surface area contributed by atoms with Crippen molar-refractivity contribution in [3.05, 3.63) is 22.9 Å². The van der Waals surface area contributed by atoms with Crippen molar-refractivity contribution in [2.75, 3.05) is 11.3 Å². The van der Waals surface area contributed by atoms with E-state index in [9.17, 15) is 9.59 Å². The van der Waals surface area contributed by atoms with Gasteiger partial charge in [0.25, 0.3) is 11.5 Å². The Balaban J connectivity index is 2.56. The van der Waals surface area contributed by atoms with Gasteiger partial charge in [-0.05, 0) is 20.8 Å². The fraction of sp³-hybridized carbons (Fsp3) is 0.455. The second-order valence-corrected chi connectivity index (χ2v) is 5.32. The zero-order valence-electron chi connectivity index (χ0n) is 10.8. The Morgan fingerprint density at radius 2 is 2.16 bits per heavy atom. The van der Waals surface area contributed by atoms with Gasteiger partial charge in [-0.3, -0.25) is 15.0 Å². The molecule has 0 saturated carbocycles. The van der Waals surface area contributed by atoms with E-state index in [-0.39, 0.29) is 17.0 Å². The molecule has 2 heterocycles. The van der Waals surface area contributed by atoms with Crippen LogP contribution in [0.5, 0.6) is 0 Å². The molecule has 2 aromatic heterocycles. The molecule has 0 unspecified atom stereocenters. The maximum Gasteiger partial charge on any atom is 0.283 e. The zero-order chi connectivity index (χ0) is 14.2. The predicted molar refractivity (Wildman–Crippen MR) is 71.9 cm³/mol. The van der Waals surface area contributed by atoms with Gasteiger partial charge in [0, 0.05) is 0 Å². The Labute approximate surface area is 114 Å². The first-order chi connectivity index (χ1) is 8.84. The first-order valence-corrected chi connectivity index (χ1v) is 6.19. The van der Waals surface area contributed by atoms with Crippen molar-refractivity contribution in [1.29, 1.82) is 0 Å². The highest BCUT2D eigenvalue weighted by Gasteiger charge is 2.19. The Kier molecular flexibility index (Phi) is 3.32. The zero-order valence-corrected chi connectivity index (χ0v) is 11.6. The van der Waals surface area contributed by atoms with Gasteiger partial charge in [-0.1, -0.05) is 0 Å². The van der Waals surface area contributed by atoms with E-state index < -0.39 is 5.91 Å². The van der Waals surface area contributed by atoms with E-state index in [0.717, 1.165) is 4.68 Å². The number of nitrogens with zero attached hydrogens (tertiary/aromatic N) is 4. The molecule has 0 fully saturated rings. The third kappa shape index (κ3) is 2.46. The van der Waals surface area contributed by atoms with Gasteiger partial charge in [0.05, 0.1) is 11.7 Å². The SMILES string of the molecule is CC(C)(C)n1ncc2c(=O)n(NC(=O)CCl)cnc21. The average Bonchev–Trinajstić information content (AvgIpc) is 2.76. The number of halogens is 1. The van der Waals surface area contributed by atoms with Crippen LogP contribution in [0.25, 0.3) is 11.0 Å². The van der Waals surface area contributed by atoms with Gasteiger partial charge < -0.3 is 0 Å². The molecule has 0 radical (unpaired) electrons. The van der Waals surface area contributed by atoms with Crippen molar-refractivity contribution in [3.63, 3.8) is 0 Å². The van der Waals surface area contributed by atoms with Crippen LogP contribution in [0, 0.1) is 0 Å². The summed E-state index contributed by atoms with van der Waals surface area (Å²) >= 11 is 5.37. The summed E-state index contributed by atoms with van der Waals surface area (Å²) in [6.45, 7) is 5.88. The molecule has 0 aromatic carbocycles. The number of rotatable bonds is 2. The molecule has 102 valence electrons. The average molecular weight is 284 g/mol. The lowest BCUT2D eigenvalue weighted by Crippen LogP contribution is -2.34. The fourth-order valence-electron chi connectivity index (χ4n) is 1.65. The van der Waals surface area contributed by atoms with Gasteiger partial charge >= 0.3 is 0 Å². The number of nitrogens with one attached hydrogen (secondary N) is 1. The van der Waals surface area contributed by atoms with Gasteiger partial charge in [-0.25, -0.2) is 14.3 Å². The molecule has 19 heavy (non-hydrogen) atoms. The number of aromatic nitrogens is 4. The van der Waals surface area contributed by atoms with Crippen molar-refractivity contribution >= 4 is 28.5 Å². The van der Waals surface area contributed by atoms with Crippen LogP contribution >= 0.6 is 11.6 Å². The fourth-order valence-corrected chi connectivity index (χ4v) is 1.71. The van der Waals surface area contributed by atoms with E-state index in [1.165, 1.54) is 12.5 Å². The van der Waals surface area contributed by atoms with Gasteiger partial charge in [-0.15, -0.1) is 11.6 Å². The van der Waals surface area contributed by atoms with Crippen molar-refractivity contribution in [3.8, 4) is 0 Å². The molecular weight excluding hydrogens is 270 g/mol. The number of carbonyl (C=O) groups excluding carboxylic acids is 1. The van der Waals surface area contributed by atoms with Crippen LogP contribution in [0.15, 0.2) is 17.3 Å². The van der Waals surface area contributed by atoms with Crippen molar-refractivity contribution in [2.45, 2.75) is 26.3 Å². The topological polar surface area (TPSA) is 81.8 Å². The number of carbonyl (C=O) groups is 1. The van der Waals surface area contributed by atoms with Crippen LogP contribution in [0.4, 0.5) is 0 Å². The summed E-state index contributed by atoms with van der Waals surface area (Å²) in [5, 5.41) is 4.51. The highest BCUT2D eigenvalue weighted by Crippen LogP contribution is 2.17. The van der Waals surface area contributed by atoms with Crippen molar-refractivity contribution in [1.82, 2.24) is 19.4 Å². The molecule has 1 amide bonds. The number of amides is 1. The van der Waals surface area contributed by atoms with Gasteiger partial charge in [0.15, 0.2) is 5.65 Å². The first-order valence-electron chi connectivity index (χ1n) is 5.66. The molecule has 0 atom stereocenters. The summed E-state index contributed by atoms with van der Waals surface area (Å²) in [5.41, 5.74) is 2.14. The monoisotopic (exact) mass is 283 g/mol. The number of fused-ring (bicyclic) bond motifs is 1. The molecule has 0 bridgehead atoms. The van der Waals surface area contributed by atoms with Crippen LogP contribution in [0.2, 0.25) is 0 Å². The molecular formula is C11H14ClN5O2. The smallest absolute Gasteiger partial charge is 0.272 e. The quantitative estimate of drug-likeness (QED) is 0.821. The van der Waals surface area contributed by atoms with E-state index >= 15 is 0 Å². The Hall–Kier alpha value is -1.89. The minimum atomic E-state index is -0.479. The minimum Gasteiger partial charge on any atom is -0.272 e. The molecule has 0 saturated heterocycles. The Morgan fingerprint density at radius 3 is 2.74 bits per heavy atom. The maximum atomic E-state index is 12.1. The largest absolute Gasteiger partial charge is 0.283 e.